The van der Waals surface area contributed by atoms with Crippen LogP contribution in [-0.4, -0.2) is 0 Å². The Labute approximate surface area is 96.7 Å². The van der Waals surface area contributed by atoms with Gasteiger partial charge in [0.25, 0.3) is 0 Å². The first-order valence-electron chi connectivity index (χ1n) is 5.93. The van der Waals surface area contributed by atoms with E-state index in [1.165, 1.54) is 18.6 Å². The second-order valence-electron chi connectivity index (χ2n) is 5.03. The zero-order valence-corrected chi connectivity index (χ0v) is 10.3. The van der Waals surface area contributed by atoms with Crippen LogP contribution in [0.2, 0.25) is 0 Å². The molecule has 0 bridgehead atoms. The topological polar surface area (TPSA) is 0 Å². The molecule has 0 heterocycles. The normalized spacial score (nSPS) is 13.1. The van der Waals surface area contributed by atoms with E-state index in [2.05, 4.69) is 20.8 Å². The largest absolute Gasteiger partial charge is 0.204 e. The summed E-state index contributed by atoms with van der Waals surface area (Å²) in [5.74, 6) is -0.285. The summed E-state index contributed by atoms with van der Waals surface area (Å²) >= 11 is 0. The Hall–Kier alpha value is -0.920. The highest BCUT2D eigenvalue weighted by molar-refractivity contribution is 5.18. The molecule has 1 rings (SSSR count). The third-order valence-corrected chi connectivity index (χ3v) is 2.80. The molecule has 1 atom stereocenters. The zero-order valence-electron chi connectivity index (χ0n) is 10.3. The molecule has 0 N–H and O–H groups in total. The lowest BCUT2D eigenvalue weighted by Gasteiger charge is -2.13. The van der Waals surface area contributed by atoms with E-state index < -0.39 is 11.6 Å². The van der Waals surface area contributed by atoms with E-state index in [9.17, 15) is 8.78 Å². The second kappa shape index (κ2) is 5.97. The Balaban J connectivity index is 2.49. The molecule has 0 aliphatic carbocycles. The number of hydrogen-bond acceptors (Lipinski definition) is 0. The van der Waals surface area contributed by atoms with Gasteiger partial charge in [0.1, 0.15) is 0 Å². The summed E-state index contributed by atoms with van der Waals surface area (Å²) in [6.07, 6.45) is 3.14. The summed E-state index contributed by atoms with van der Waals surface area (Å²) in [4.78, 5) is 0. The SMILES string of the molecule is CC(C)CCC(C)Cc1ccc(F)c(F)c1. The number of halogens is 2. The molecule has 0 nitrogen and oxygen atoms in total. The van der Waals surface area contributed by atoms with Crippen LogP contribution < -0.4 is 0 Å². The Bertz CT molecular complexity index is 332. The molecule has 16 heavy (non-hydrogen) atoms. The minimum absolute atomic E-state index is 0.521. The summed E-state index contributed by atoms with van der Waals surface area (Å²) in [6, 6.07) is 4.19. The second-order valence-corrected chi connectivity index (χ2v) is 5.03. The maximum Gasteiger partial charge on any atom is 0.159 e. The summed E-state index contributed by atoms with van der Waals surface area (Å²) in [7, 11) is 0. The van der Waals surface area contributed by atoms with Crippen LogP contribution in [-0.2, 0) is 6.42 Å². The van der Waals surface area contributed by atoms with Crippen molar-refractivity contribution in [1.82, 2.24) is 0 Å². The van der Waals surface area contributed by atoms with Crippen LogP contribution in [0.3, 0.4) is 0 Å². The van der Waals surface area contributed by atoms with Gasteiger partial charge in [-0.15, -0.1) is 0 Å². The Morgan fingerprint density at radius 1 is 1.00 bits per heavy atom. The lowest BCUT2D eigenvalue weighted by Crippen LogP contribution is -2.02. The summed E-state index contributed by atoms with van der Waals surface area (Å²) in [5, 5.41) is 0. The van der Waals surface area contributed by atoms with Crippen molar-refractivity contribution in [2.45, 2.75) is 40.0 Å². The minimum Gasteiger partial charge on any atom is -0.204 e. The fraction of sp³-hybridized carbons (Fsp3) is 0.571. The molecule has 2 heteroatoms. The maximum absolute atomic E-state index is 13.0. The molecule has 1 aromatic rings. The molecule has 0 aliphatic heterocycles. The van der Waals surface area contributed by atoms with Gasteiger partial charge in [0.05, 0.1) is 0 Å². The highest BCUT2D eigenvalue weighted by Crippen LogP contribution is 2.18. The van der Waals surface area contributed by atoms with Gasteiger partial charge in [0, 0.05) is 0 Å². The quantitative estimate of drug-likeness (QED) is 0.689. The van der Waals surface area contributed by atoms with Crippen molar-refractivity contribution < 1.29 is 8.78 Å². The first-order chi connectivity index (χ1) is 7.49. The predicted molar refractivity (Wildman–Crippen MR) is 63.3 cm³/mol. The number of benzene rings is 1. The van der Waals surface area contributed by atoms with Crippen molar-refractivity contribution in [3.8, 4) is 0 Å². The molecule has 0 amide bonds. The van der Waals surface area contributed by atoms with Gasteiger partial charge in [0.15, 0.2) is 11.6 Å². The van der Waals surface area contributed by atoms with Gasteiger partial charge in [-0.2, -0.15) is 0 Å². The molecule has 1 unspecified atom stereocenters. The van der Waals surface area contributed by atoms with E-state index >= 15 is 0 Å². The lowest BCUT2D eigenvalue weighted by molar-refractivity contribution is 0.446. The van der Waals surface area contributed by atoms with Gasteiger partial charge in [0.2, 0.25) is 0 Å². The molecule has 90 valence electrons. The van der Waals surface area contributed by atoms with Crippen LogP contribution >= 0.6 is 0 Å². The monoisotopic (exact) mass is 226 g/mol. The van der Waals surface area contributed by atoms with Gasteiger partial charge in [-0.05, 0) is 36.0 Å². The van der Waals surface area contributed by atoms with E-state index in [1.54, 1.807) is 6.07 Å². The third-order valence-electron chi connectivity index (χ3n) is 2.80. The van der Waals surface area contributed by atoms with Crippen molar-refractivity contribution in [1.29, 1.82) is 0 Å². The van der Waals surface area contributed by atoms with Crippen LogP contribution in [0.4, 0.5) is 8.78 Å². The fourth-order valence-electron chi connectivity index (χ4n) is 1.79. The first kappa shape index (κ1) is 13.1. The van der Waals surface area contributed by atoms with E-state index in [0.717, 1.165) is 18.4 Å². The number of rotatable bonds is 5. The minimum atomic E-state index is -0.765. The molecular formula is C14H20F2. The van der Waals surface area contributed by atoms with Gasteiger partial charge in [-0.25, -0.2) is 8.78 Å². The van der Waals surface area contributed by atoms with Crippen molar-refractivity contribution >= 4 is 0 Å². The van der Waals surface area contributed by atoms with Gasteiger partial charge < -0.3 is 0 Å². The zero-order chi connectivity index (χ0) is 12.1. The highest BCUT2D eigenvalue weighted by Gasteiger charge is 2.07. The fourth-order valence-corrected chi connectivity index (χ4v) is 1.79. The van der Waals surface area contributed by atoms with E-state index in [1.807, 2.05) is 0 Å². The van der Waals surface area contributed by atoms with Crippen molar-refractivity contribution in [3.05, 3.63) is 35.4 Å². The molecule has 0 aliphatic rings. The number of hydrogen-bond donors (Lipinski definition) is 0. The third kappa shape index (κ3) is 4.30. The smallest absolute Gasteiger partial charge is 0.159 e. The van der Waals surface area contributed by atoms with E-state index in [-0.39, 0.29) is 0 Å². The van der Waals surface area contributed by atoms with Gasteiger partial charge in [-0.1, -0.05) is 39.7 Å². The molecule has 0 aromatic heterocycles. The molecule has 0 saturated carbocycles. The molecule has 1 aromatic carbocycles. The standard InChI is InChI=1S/C14H20F2/c1-10(2)4-5-11(3)8-12-6-7-13(15)14(16)9-12/h6-7,9-11H,4-5,8H2,1-3H3. The van der Waals surface area contributed by atoms with Gasteiger partial charge >= 0.3 is 0 Å². The Morgan fingerprint density at radius 2 is 1.69 bits per heavy atom. The molecular weight excluding hydrogens is 206 g/mol. The predicted octanol–water partition coefficient (Wildman–Crippen LogP) is 4.58. The van der Waals surface area contributed by atoms with Crippen LogP contribution in [0.5, 0.6) is 0 Å². The maximum atomic E-state index is 13.0. The summed E-state index contributed by atoms with van der Waals surface area (Å²) in [5.41, 5.74) is 0.884. The molecule has 0 fully saturated rings. The van der Waals surface area contributed by atoms with Crippen molar-refractivity contribution in [2.75, 3.05) is 0 Å². The molecule has 0 radical (unpaired) electrons. The van der Waals surface area contributed by atoms with E-state index in [4.69, 9.17) is 0 Å². The highest BCUT2D eigenvalue weighted by atomic mass is 19.2. The summed E-state index contributed by atoms with van der Waals surface area (Å²) < 4.78 is 25.7. The Morgan fingerprint density at radius 3 is 2.25 bits per heavy atom. The van der Waals surface area contributed by atoms with Crippen LogP contribution in [0.25, 0.3) is 0 Å². The van der Waals surface area contributed by atoms with Crippen LogP contribution in [0.1, 0.15) is 39.2 Å². The van der Waals surface area contributed by atoms with E-state index in [0.29, 0.717) is 11.8 Å². The average molecular weight is 226 g/mol. The summed E-state index contributed by atoms with van der Waals surface area (Å²) in [6.45, 7) is 6.55. The lowest BCUT2D eigenvalue weighted by atomic mass is 9.93. The van der Waals surface area contributed by atoms with Crippen LogP contribution in [0, 0.1) is 23.5 Å². The van der Waals surface area contributed by atoms with Crippen molar-refractivity contribution in [3.63, 3.8) is 0 Å². The van der Waals surface area contributed by atoms with Gasteiger partial charge in [-0.3, -0.25) is 0 Å². The van der Waals surface area contributed by atoms with Crippen LogP contribution in [0.15, 0.2) is 18.2 Å². The average Bonchev–Trinajstić information content (AvgIpc) is 2.21. The molecule has 0 saturated heterocycles. The van der Waals surface area contributed by atoms with Crippen molar-refractivity contribution in [2.24, 2.45) is 11.8 Å². The Kier molecular flexibility index (Phi) is 4.91. The first-order valence-corrected chi connectivity index (χ1v) is 5.93. The molecule has 0 spiro atoms.